The average Bonchev–Trinajstić information content (AvgIpc) is 2.69. The predicted octanol–water partition coefficient (Wildman–Crippen LogP) is 2.40. The van der Waals surface area contributed by atoms with E-state index in [1.54, 1.807) is 6.92 Å². The lowest BCUT2D eigenvalue weighted by atomic mass is 9.71. The van der Waals surface area contributed by atoms with Gasteiger partial charge in [-0.15, -0.1) is 0 Å². The number of rotatable bonds is 2. The van der Waals surface area contributed by atoms with E-state index in [1.165, 1.54) is 0 Å². The summed E-state index contributed by atoms with van der Waals surface area (Å²) in [4.78, 5) is 23.5. The summed E-state index contributed by atoms with van der Waals surface area (Å²) >= 11 is 0. The lowest BCUT2D eigenvalue weighted by Gasteiger charge is -2.31. The molecule has 0 saturated heterocycles. The lowest BCUT2D eigenvalue weighted by Crippen LogP contribution is -2.32. The van der Waals surface area contributed by atoms with Gasteiger partial charge in [-0.2, -0.15) is 0 Å². The Bertz CT molecular complexity index is 343. The van der Waals surface area contributed by atoms with E-state index in [-0.39, 0.29) is 11.4 Å². The molecule has 1 saturated carbocycles. The molecule has 1 atom stereocenters. The third-order valence-corrected chi connectivity index (χ3v) is 3.71. The van der Waals surface area contributed by atoms with E-state index in [9.17, 15) is 9.59 Å². The minimum atomic E-state index is -0.250. The number of hydrogen-bond acceptors (Lipinski definition) is 3. The molecule has 0 aromatic rings. The third kappa shape index (κ3) is 1.91. The summed E-state index contributed by atoms with van der Waals surface area (Å²) in [7, 11) is 0. The summed E-state index contributed by atoms with van der Waals surface area (Å²) in [5.74, 6) is 0.104. The van der Waals surface area contributed by atoms with Crippen LogP contribution in [0.4, 0.5) is 0 Å². The molecule has 1 spiro atoms. The van der Waals surface area contributed by atoms with Gasteiger partial charge in [0.1, 0.15) is 5.78 Å². The van der Waals surface area contributed by atoms with Gasteiger partial charge in [0.2, 0.25) is 0 Å². The van der Waals surface area contributed by atoms with Crippen LogP contribution in [0.15, 0.2) is 11.6 Å². The maximum absolute atomic E-state index is 12.0. The van der Waals surface area contributed by atoms with Gasteiger partial charge in [0.25, 0.3) is 0 Å². The molecule has 0 aromatic heterocycles. The fourth-order valence-corrected chi connectivity index (χ4v) is 2.76. The molecule has 2 aliphatic rings. The minimum absolute atomic E-state index is 0.238. The average molecular weight is 222 g/mol. The SMILES string of the molecule is CCOC(=O)C1=CCC2(CCCCC2=O)C1. The number of hydrogen-bond donors (Lipinski definition) is 0. The van der Waals surface area contributed by atoms with E-state index in [1.807, 2.05) is 6.08 Å². The first kappa shape index (κ1) is 11.4. The summed E-state index contributed by atoms with van der Waals surface area (Å²) in [5.41, 5.74) is 0.456. The summed E-state index contributed by atoms with van der Waals surface area (Å²) in [5, 5.41) is 0. The van der Waals surface area contributed by atoms with Crippen molar-refractivity contribution >= 4 is 11.8 Å². The zero-order valence-corrected chi connectivity index (χ0v) is 9.75. The van der Waals surface area contributed by atoms with Crippen LogP contribution < -0.4 is 0 Å². The molecule has 1 fully saturated rings. The van der Waals surface area contributed by atoms with Crippen LogP contribution in [0, 0.1) is 5.41 Å². The highest BCUT2D eigenvalue weighted by Crippen LogP contribution is 2.46. The van der Waals surface area contributed by atoms with Crippen molar-refractivity contribution in [3.63, 3.8) is 0 Å². The van der Waals surface area contributed by atoms with E-state index >= 15 is 0 Å². The van der Waals surface area contributed by atoms with Crippen LogP contribution in [0.5, 0.6) is 0 Å². The quantitative estimate of drug-likeness (QED) is 0.674. The molecule has 0 aromatic carbocycles. The molecule has 0 aliphatic heterocycles. The molecule has 3 nitrogen and oxygen atoms in total. The number of allylic oxidation sites excluding steroid dienone is 1. The second-order valence-electron chi connectivity index (χ2n) is 4.74. The Labute approximate surface area is 95.9 Å². The van der Waals surface area contributed by atoms with Crippen molar-refractivity contribution in [3.05, 3.63) is 11.6 Å². The van der Waals surface area contributed by atoms with Gasteiger partial charge in [-0.3, -0.25) is 4.79 Å². The summed E-state index contributed by atoms with van der Waals surface area (Å²) in [6, 6.07) is 0. The van der Waals surface area contributed by atoms with Crippen LogP contribution in [0.2, 0.25) is 0 Å². The van der Waals surface area contributed by atoms with Crippen LogP contribution >= 0.6 is 0 Å². The fourth-order valence-electron chi connectivity index (χ4n) is 2.76. The van der Waals surface area contributed by atoms with E-state index in [0.717, 1.165) is 25.7 Å². The smallest absolute Gasteiger partial charge is 0.333 e. The molecule has 0 N–H and O–H groups in total. The number of ether oxygens (including phenoxy) is 1. The molecule has 16 heavy (non-hydrogen) atoms. The van der Waals surface area contributed by atoms with Crippen molar-refractivity contribution in [1.82, 2.24) is 0 Å². The van der Waals surface area contributed by atoms with E-state index in [4.69, 9.17) is 4.74 Å². The van der Waals surface area contributed by atoms with Crippen LogP contribution in [0.1, 0.15) is 45.4 Å². The third-order valence-electron chi connectivity index (χ3n) is 3.71. The maximum atomic E-state index is 12.0. The summed E-state index contributed by atoms with van der Waals surface area (Å²) < 4.78 is 4.98. The molecule has 0 heterocycles. The molecule has 0 amide bonds. The molecule has 2 aliphatic carbocycles. The Morgan fingerprint density at radius 2 is 2.31 bits per heavy atom. The van der Waals surface area contributed by atoms with E-state index in [0.29, 0.717) is 30.8 Å². The molecular formula is C13H18O3. The maximum Gasteiger partial charge on any atom is 0.333 e. The number of Topliss-reactive ketones (excluding diaryl/α,β-unsaturated/α-hetero) is 1. The van der Waals surface area contributed by atoms with Gasteiger partial charge < -0.3 is 4.74 Å². The standard InChI is InChI=1S/C13H18O3/c1-2-16-12(15)10-6-8-13(9-10)7-4-3-5-11(13)14/h6H,2-5,7-9H2,1H3. The van der Waals surface area contributed by atoms with Crippen molar-refractivity contribution in [3.8, 4) is 0 Å². The van der Waals surface area contributed by atoms with Crippen LogP contribution in [0.3, 0.4) is 0 Å². The van der Waals surface area contributed by atoms with Gasteiger partial charge >= 0.3 is 5.97 Å². The van der Waals surface area contributed by atoms with Crippen molar-refractivity contribution in [1.29, 1.82) is 0 Å². The summed E-state index contributed by atoms with van der Waals surface area (Å²) in [6.45, 7) is 2.20. The molecule has 1 unspecified atom stereocenters. The number of carbonyl (C=O) groups is 2. The highest BCUT2D eigenvalue weighted by atomic mass is 16.5. The molecular weight excluding hydrogens is 204 g/mol. The Kier molecular flexibility index (Phi) is 3.13. The molecule has 3 heteroatoms. The molecule has 2 rings (SSSR count). The van der Waals surface area contributed by atoms with Crippen molar-refractivity contribution < 1.29 is 14.3 Å². The second-order valence-corrected chi connectivity index (χ2v) is 4.74. The van der Waals surface area contributed by atoms with Gasteiger partial charge in [-0.1, -0.05) is 12.5 Å². The first-order valence-electron chi connectivity index (χ1n) is 6.07. The van der Waals surface area contributed by atoms with Crippen molar-refractivity contribution in [2.75, 3.05) is 6.61 Å². The lowest BCUT2D eigenvalue weighted by molar-refractivity contribution is -0.139. The van der Waals surface area contributed by atoms with Crippen LogP contribution in [-0.2, 0) is 14.3 Å². The topological polar surface area (TPSA) is 43.4 Å². The Morgan fingerprint density at radius 1 is 1.50 bits per heavy atom. The van der Waals surface area contributed by atoms with Crippen molar-refractivity contribution in [2.45, 2.75) is 45.4 Å². The van der Waals surface area contributed by atoms with Gasteiger partial charge in [0, 0.05) is 17.4 Å². The van der Waals surface area contributed by atoms with E-state index in [2.05, 4.69) is 0 Å². The van der Waals surface area contributed by atoms with Crippen LogP contribution in [-0.4, -0.2) is 18.4 Å². The second kappa shape index (κ2) is 4.40. The fraction of sp³-hybridized carbons (Fsp3) is 0.692. The highest BCUT2D eigenvalue weighted by molar-refractivity contribution is 5.93. The number of esters is 1. The highest BCUT2D eigenvalue weighted by Gasteiger charge is 2.43. The Morgan fingerprint density at radius 3 is 3.00 bits per heavy atom. The van der Waals surface area contributed by atoms with Gasteiger partial charge in [-0.05, 0) is 32.6 Å². The normalized spacial score (nSPS) is 29.3. The van der Waals surface area contributed by atoms with Gasteiger partial charge in [-0.25, -0.2) is 4.79 Å². The molecule has 88 valence electrons. The Balaban J connectivity index is 2.04. The van der Waals surface area contributed by atoms with E-state index < -0.39 is 0 Å². The van der Waals surface area contributed by atoms with Gasteiger partial charge in [0.05, 0.1) is 6.61 Å². The number of ketones is 1. The van der Waals surface area contributed by atoms with Gasteiger partial charge in [0.15, 0.2) is 0 Å². The zero-order valence-electron chi connectivity index (χ0n) is 9.75. The molecule has 0 bridgehead atoms. The largest absolute Gasteiger partial charge is 0.463 e. The molecule has 0 radical (unpaired) electrons. The van der Waals surface area contributed by atoms with Crippen molar-refractivity contribution in [2.24, 2.45) is 5.41 Å². The first-order valence-corrected chi connectivity index (χ1v) is 6.07. The Hall–Kier alpha value is -1.12. The monoisotopic (exact) mass is 222 g/mol. The number of carbonyl (C=O) groups excluding carboxylic acids is 2. The zero-order chi connectivity index (χ0) is 11.6. The predicted molar refractivity (Wildman–Crippen MR) is 59.9 cm³/mol. The van der Waals surface area contributed by atoms with Crippen LogP contribution in [0.25, 0.3) is 0 Å². The minimum Gasteiger partial charge on any atom is -0.463 e. The first-order chi connectivity index (χ1) is 7.68. The summed E-state index contributed by atoms with van der Waals surface area (Å²) in [6.07, 6.45) is 6.98.